The van der Waals surface area contributed by atoms with Crippen molar-refractivity contribution in [3.8, 4) is 10.8 Å². The van der Waals surface area contributed by atoms with E-state index in [9.17, 15) is 9.59 Å². The van der Waals surface area contributed by atoms with E-state index in [1.807, 2.05) is 57.9 Å². The zero-order valence-corrected chi connectivity index (χ0v) is 100. The maximum absolute atomic E-state index is 10.9. The average Bonchev–Trinajstić information content (AvgIpc) is 1.65. The number of amides is 1. The summed E-state index contributed by atoms with van der Waals surface area (Å²) in [6.45, 7) is 49.1. The van der Waals surface area contributed by atoms with Gasteiger partial charge in [0.1, 0.15) is 34.2 Å². The molecule has 0 bridgehead atoms. The Morgan fingerprint density at radius 1 is 0.507 bits per heavy atom. The molecule has 2 aliphatic carbocycles. The largest absolute Gasteiger partial charge is 1.00 e. The number of nitriles is 2. The monoisotopic (exact) mass is 2330 g/mol. The van der Waals surface area contributed by atoms with Gasteiger partial charge >= 0.3 is 57.4 Å². The number of nitrogen functional groups attached to an aromatic ring is 3. The molecule has 1 atom stereocenters. The van der Waals surface area contributed by atoms with Crippen molar-refractivity contribution in [2.75, 3.05) is 46.2 Å². The van der Waals surface area contributed by atoms with E-state index in [4.69, 9.17) is 65.6 Å². The molecule has 1 aliphatic heterocycles. The Kier molecular flexibility index (Phi) is 54.6. The molecule has 0 spiro atoms. The fourth-order valence-electron chi connectivity index (χ4n) is 11.8. The van der Waals surface area contributed by atoms with E-state index in [1.54, 1.807) is 87.3 Å². The smallest absolute Gasteiger partial charge is 0.696 e. The minimum Gasteiger partial charge on any atom is -0.696 e. The van der Waals surface area contributed by atoms with Crippen LogP contribution in [0.2, 0.25) is 0 Å². The fraction of sp³-hybridized carbons (Fsp3) is 0.516. The predicted octanol–water partition coefficient (Wildman–Crippen LogP) is 24.4. The fourth-order valence-corrected chi connectivity index (χ4v) is 23.5. The predicted molar refractivity (Wildman–Crippen MR) is 584 cm³/mol. The second-order valence-corrected chi connectivity index (χ2v) is 51.9. The first-order valence-electron chi connectivity index (χ1n) is 44.1. The number of piperidine rings is 1. The van der Waals surface area contributed by atoms with Crippen molar-refractivity contribution in [1.82, 2.24) is 60.1 Å². The van der Waals surface area contributed by atoms with E-state index in [2.05, 4.69) is 256 Å². The molecule has 1 aromatic carbocycles. The van der Waals surface area contributed by atoms with E-state index < -0.39 is 5.97 Å². The van der Waals surface area contributed by atoms with Gasteiger partial charge in [0.2, 0.25) is 35.4 Å². The Morgan fingerprint density at radius 3 is 1.14 bits per heavy atom. The molecule has 13 N–H and O–H groups in total. The number of aromatic nitrogens is 11. The van der Waals surface area contributed by atoms with Crippen molar-refractivity contribution in [3.05, 3.63) is 174 Å². The van der Waals surface area contributed by atoms with Crippen LogP contribution in [0.4, 0.5) is 31.3 Å². The summed E-state index contributed by atoms with van der Waals surface area (Å²) in [5, 5.41) is 45.0. The molecule has 0 unspecified atom stereocenters. The number of hydrogen-bond acceptors (Lipinski definition) is 39. The number of benzene rings is 1. The van der Waals surface area contributed by atoms with Gasteiger partial charge in [-0.05, 0) is 149 Å². The normalized spacial score (nSPS) is 13.7. The molecule has 15 rings (SSSR count). The first-order valence-corrected chi connectivity index (χ1v) is 56.8. The third-order valence-corrected chi connectivity index (χ3v) is 33.7. The number of aromatic carboxylic acids is 1. The molecule has 29 nitrogen and oxygen atoms in total. The first-order chi connectivity index (χ1) is 64.5. The zero-order valence-electron chi connectivity index (χ0n) is 82.6. The van der Waals surface area contributed by atoms with Crippen molar-refractivity contribution in [1.29, 1.82) is 10.5 Å². The van der Waals surface area contributed by atoms with Gasteiger partial charge in [0.05, 0.1) is 124 Å². The second kappa shape index (κ2) is 61.2. The summed E-state index contributed by atoms with van der Waals surface area (Å²) in [6.07, 6.45) is 26.0. The SMILES string of the molecule is C=CC(=O)Nc1ccc(C(=O)O)cc1.CC(C)(C)c1cnc(CBr)o1.Cc1nc(Br)sc1SCc1ncc(C(C)(C)C)o1.Cc1nc(N)sc1Br.Cc1nc(N)sc1SC#N.Cc1nc(N)sc1SCc1ncc(C(C)(C)C)o1.Cc1nc(NC2CCCCC2)sc1SCc1ncc(C(C)(C)C)o1.Cc1nc(N[C@@H]2CCCNC2)sc1SCc1ncc(C(C)(C)C)o1.N#C[S-].NC1CCCCC1.[K+]. The van der Waals surface area contributed by atoms with Crippen LogP contribution in [0, 0.1) is 62.9 Å². The molecule has 138 heavy (non-hydrogen) atoms. The number of carboxylic acids is 1. The summed E-state index contributed by atoms with van der Waals surface area (Å²) in [4.78, 5) is 68.7. The molecule has 3 aliphatic rings. The number of thiazole rings is 6. The van der Waals surface area contributed by atoms with Gasteiger partial charge in [-0.2, -0.15) is 5.26 Å². The summed E-state index contributed by atoms with van der Waals surface area (Å²) in [5.41, 5.74) is 28.9. The maximum Gasteiger partial charge on any atom is 1.00 e. The van der Waals surface area contributed by atoms with Crippen molar-refractivity contribution in [2.45, 2.75) is 317 Å². The number of carbonyl (C=O) groups excluding carboxylic acids is 1. The van der Waals surface area contributed by atoms with Crippen molar-refractivity contribution in [2.24, 2.45) is 5.73 Å². The molecule has 2 saturated carbocycles. The number of nitrogens with two attached hydrogens (primary N) is 4. The van der Waals surface area contributed by atoms with Gasteiger partial charge in [-0.1, -0.05) is 227 Å². The van der Waals surface area contributed by atoms with E-state index in [0.29, 0.717) is 50.3 Å². The average molecular weight is 2330 g/mol. The summed E-state index contributed by atoms with van der Waals surface area (Å²) >= 11 is 31.1. The maximum atomic E-state index is 10.9. The van der Waals surface area contributed by atoms with Gasteiger partial charge in [-0.15, -0.1) is 58.4 Å². The number of thiocyanates is 2. The number of aryl methyl sites for hydroxylation is 6. The molecule has 3 fully saturated rings. The van der Waals surface area contributed by atoms with Crippen molar-refractivity contribution in [3.63, 3.8) is 0 Å². The van der Waals surface area contributed by atoms with Gasteiger partial charge in [0, 0.05) is 69.2 Å². The molecule has 1 amide bonds. The number of carboxylic acid groups (broad SMARTS) is 1. The third kappa shape index (κ3) is 46.0. The second-order valence-electron chi connectivity index (χ2n) is 36.4. The van der Waals surface area contributed by atoms with Crippen LogP contribution in [-0.2, 0) is 72.8 Å². The number of hydrogen-bond donors (Lipinski definition) is 9. The number of thioether (sulfide) groups is 5. The number of nitrogens with one attached hydrogen (secondary N) is 4. The summed E-state index contributed by atoms with van der Waals surface area (Å²) in [5.74, 6) is 10.1. The minimum absolute atomic E-state index is 0. The van der Waals surface area contributed by atoms with Gasteiger partial charge in [-0.3, -0.25) is 4.79 Å². The van der Waals surface area contributed by atoms with E-state index in [0.717, 1.165) is 167 Å². The number of anilines is 6. The molecule has 0 radical (unpaired) electrons. The van der Waals surface area contributed by atoms with Crippen LogP contribution >= 0.6 is 175 Å². The Labute approximate surface area is 931 Å². The van der Waals surface area contributed by atoms with Gasteiger partial charge < -0.3 is 84.0 Å². The molecule has 1 saturated heterocycles. The number of alkyl halides is 1. The Hall–Kier alpha value is -5.32. The van der Waals surface area contributed by atoms with Gasteiger partial charge in [0.15, 0.2) is 29.6 Å². The van der Waals surface area contributed by atoms with Gasteiger partial charge in [-0.25, -0.2) is 64.9 Å². The molecular weight excluding hydrogens is 2200 g/mol. The number of nitrogens with zero attached hydrogens (tertiary/aromatic N) is 13. The molecule has 45 heteroatoms. The Balaban J connectivity index is 0.000000279. The summed E-state index contributed by atoms with van der Waals surface area (Å²) < 4.78 is 36.3. The van der Waals surface area contributed by atoms with E-state index in [-0.39, 0.29) is 89.9 Å². The van der Waals surface area contributed by atoms with Crippen molar-refractivity contribution < 1.29 is 88.2 Å². The molecular formula is C93H129Br3KN21O8S12. The molecule has 748 valence electrons. The Bertz CT molecular complexity index is 5480. The topological polar surface area (TPSA) is 462 Å². The van der Waals surface area contributed by atoms with Crippen LogP contribution in [0.5, 0.6) is 0 Å². The minimum atomic E-state index is -0.994. The summed E-state index contributed by atoms with van der Waals surface area (Å²) in [7, 11) is 0. The van der Waals surface area contributed by atoms with E-state index in [1.165, 1.54) is 153 Å². The Morgan fingerprint density at radius 2 is 0.848 bits per heavy atom. The van der Waals surface area contributed by atoms with Crippen molar-refractivity contribution >= 4 is 230 Å². The molecule has 12 heterocycles. The van der Waals surface area contributed by atoms with Crippen LogP contribution in [-0.4, -0.2) is 103 Å². The molecule has 11 aromatic heterocycles. The zero-order chi connectivity index (χ0) is 102. The number of halogens is 3. The van der Waals surface area contributed by atoms with Crippen LogP contribution in [0.3, 0.4) is 0 Å². The number of carbonyl (C=O) groups is 2. The first kappa shape index (κ1) is 123. The van der Waals surface area contributed by atoms with Crippen LogP contribution in [0.15, 0.2) is 119 Å². The number of oxazole rings is 5. The van der Waals surface area contributed by atoms with Crippen LogP contribution in [0.1, 0.15) is 284 Å². The van der Waals surface area contributed by atoms with Crippen LogP contribution < -0.4 is 95.6 Å². The quantitative estimate of drug-likeness (QED) is 0.00805. The standard InChI is InChI=1S/C18H27N3OS2.C17H26N4OS2.C12H15BrN2OS2.C12H17N3OS2.C10H9NO3.C8H12BrNO.C6H13N.C5H5N3S2.C4H5BrN2S.CHNS.K/c1-12-16(23-11-15-19-10-14(22-15)18(2,3)4)24-17(20-12)21-13-8-6-5-7-9-13;1-11-15(23-10-14-19-9-13(22-14)17(2,3)4)24-16(20-11)21-12-6-5-7-18-8-12;2*1-7-10(18-11(13)15-7)17-6-9-14-5-8(16-9)12(2,3)4;1-2-9(12)11-8-5-3-7(4-6-8)10(13)14;1-8(2,3)6-5-10-7(4-9)11-6;7-6-4-2-1-3-5-6;1-3-4(9-2-6)10-5(7)8-3;1-2-3(5)8-4(6)7-2;2-1-3;/h10,13H,5-9,11H2,1-4H3,(H,20,21);9,12,18H,5-8,10H2,1-4H3,(H,20,21);5H,6H2,1-4H3;5H,6H2,1-4H3,(H2,13,15);2-6H,1H2,(H,11,12)(H,13,14);5H,4H2,1-3H3;6H,1-5,7H2;1H3,(H2,7,8);1H3,(H2,6,7);3H;/q;;;;;;;;;;+1/p-1/t;12-;;;;;;;;;/m.1........./s1. The van der Waals surface area contributed by atoms with Gasteiger partial charge in [0.25, 0.3) is 0 Å². The van der Waals surface area contributed by atoms with Crippen LogP contribution in [0.25, 0.3) is 0 Å². The molecule has 12 aromatic rings. The summed E-state index contributed by atoms with van der Waals surface area (Å²) in [6, 6.07) is 7.50. The third-order valence-electron chi connectivity index (χ3n) is 19.3. The van der Waals surface area contributed by atoms with E-state index >= 15 is 0 Å². The number of rotatable bonds is 21.